The number of benzene rings is 1. The molecule has 7 heteroatoms. The summed E-state index contributed by atoms with van der Waals surface area (Å²) < 4.78 is 37.2. The smallest absolute Gasteiger partial charge is 0.321 e. The Kier molecular flexibility index (Phi) is 4.70. The number of sulfone groups is 1. The molecule has 0 aliphatic carbocycles. The number of rotatable bonds is 5. The fourth-order valence-corrected chi connectivity index (χ4v) is 3.43. The minimum Gasteiger partial charge on any atom is -0.480 e. The maximum Gasteiger partial charge on any atom is 0.321 e. The Morgan fingerprint density at radius 1 is 1.50 bits per heavy atom. The molecule has 1 rings (SSSR count). The van der Waals surface area contributed by atoms with E-state index in [4.69, 9.17) is 16.7 Å². The lowest BCUT2D eigenvalue weighted by Crippen LogP contribution is -2.30. The molecule has 1 atom stereocenters. The summed E-state index contributed by atoms with van der Waals surface area (Å²) in [7, 11) is -3.96. The van der Waals surface area contributed by atoms with E-state index < -0.39 is 32.6 Å². The van der Waals surface area contributed by atoms with Crippen molar-refractivity contribution in [3.63, 3.8) is 0 Å². The summed E-state index contributed by atoms with van der Waals surface area (Å²) in [6, 6.07) is 3.98. The number of carboxylic acid groups (broad SMARTS) is 1. The molecule has 18 heavy (non-hydrogen) atoms. The average Bonchev–Trinajstić information content (AvgIpc) is 2.24. The van der Waals surface area contributed by atoms with Gasteiger partial charge in [-0.2, -0.15) is 0 Å². The van der Waals surface area contributed by atoms with Gasteiger partial charge in [-0.05, 0) is 12.5 Å². The molecule has 0 saturated carbocycles. The molecule has 0 radical (unpaired) electrons. The Bertz CT molecular complexity index is 556. The fraction of sp³-hybridized carbons (Fsp3) is 0.364. The number of halogens is 2. The molecule has 0 saturated heterocycles. The van der Waals surface area contributed by atoms with Crippen LogP contribution >= 0.6 is 11.6 Å². The van der Waals surface area contributed by atoms with Crippen molar-refractivity contribution in [3.05, 3.63) is 34.6 Å². The topological polar surface area (TPSA) is 71.4 Å². The highest BCUT2D eigenvalue weighted by Crippen LogP contribution is 2.22. The van der Waals surface area contributed by atoms with Crippen LogP contribution in [-0.4, -0.2) is 24.7 Å². The summed E-state index contributed by atoms with van der Waals surface area (Å²) in [4.78, 5) is 10.8. The van der Waals surface area contributed by atoms with E-state index in [1.807, 2.05) is 0 Å². The van der Waals surface area contributed by atoms with Gasteiger partial charge in [0.2, 0.25) is 0 Å². The van der Waals surface area contributed by atoms with Gasteiger partial charge in [-0.1, -0.05) is 30.7 Å². The third kappa shape index (κ3) is 3.20. The number of carboxylic acids is 1. The normalized spacial score (nSPS) is 13.3. The average molecular weight is 295 g/mol. The molecule has 0 bridgehead atoms. The van der Waals surface area contributed by atoms with Crippen LogP contribution < -0.4 is 0 Å². The van der Waals surface area contributed by atoms with Gasteiger partial charge < -0.3 is 5.11 Å². The molecule has 0 spiro atoms. The molecule has 1 aromatic rings. The van der Waals surface area contributed by atoms with Crippen LogP contribution in [0.5, 0.6) is 0 Å². The summed E-state index contributed by atoms with van der Waals surface area (Å²) in [6.07, 6.45) is -0.0696. The molecule has 0 fully saturated rings. The molecule has 0 aliphatic rings. The van der Waals surface area contributed by atoms with Crippen LogP contribution in [-0.2, 0) is 20.4 Å². The first kappa shape index (κ1) is 14.9. The predicted molar refractivity (Wildman–Crippen MR) is 65.7 cm³/mol. The monoisotopic (exact) mass is 294 g/mol. The number of hydrogen-bond acceptors (Lipinski definition) is 3. The highest BCUT2D eigenvalue weighted by molar-refractivity contribution is 7.92. The summed E-state index contributed by atoms with van der Waals surface area (Å²) in [5.74, 6) is -2.94. The van der Waals surface area contributed by atoms with Crippen LogP contribution in [0.15, 0.2) is 18.2 Å². The van der Waals surface area contributed by atoms with Crippen molar-refractivity contribution >= 4 is 27.4 Å². The van der Waals surface area contributed by atoms with Crippen molar-refractivity contribution in [3.8, 4) is 0 Å². The quantitative estimate of drug-likeness (QED) is 0.904. The van der Waals surface area contributed by atoms with Gasteiger partial charge in [-0.3, -0.25) is 4.79 Å². The minimum atomic E-state index is -3.96. The van der Waals surface area contributed by atoms with Crippen LogP contribution in [0.2, 0.25) is 5.02 Å². The Morgan fingerprint density at radius 3 is 2.61 bits per heavy atom. The van der Waals surface area contributed by atoms with Gasteiger partial charge in [0.1, 0.15) is 5.82 Å². The van der Waals surface area contributed by atoms with Crippen LogP contribution in [0.25, 0.3) is 0 Å². The molecule has 100 valence electrons. The Labute approximate surface area is 109 Å². The van der Waals surface area contributed by atoms with Crippen molar-refractivity contribution in [1.29, 1.82) is 0 Å². The number of hydrogen-bond donors (Lipinski definition) is 1. The highest BCUT2D eigenvalue weighted by atomic mass is 35.5. The van der Waals surface area contributed by atoms with Crippen LogP contribution in [0, 0.1) is 5.82 Å². The second-order valence-electron chi connectivity index (χ2n) is 3.76. The van der Waals surface area contributed by atoms with Gasteiger partial charge >= 0.3 is 5.97 Å². The Balaban J connectivity index is 3.10. The number of aliphatic carboxylic acids is 1. The summed E-state index contributed by atoms with van der Waals surface area (Å²) in [5, 5.41) is 7.09. The van der Waals surface area contributed by atoms with Gasteiger partial charge in [-0.25, -0.2) is 12.8 Å². The van der Waals surface area contributed by atoms with Gasteiger partial charge in [0.25, 0.3) is 0 Å². The summed E-state index contributed by atoms with van der Waals surface area (Å²) >= 11 is 5.53. The zero-order valence-corrected chi connectivity index (χ0v) is 11.1. The van der Waals surface area contributed by atoms with Gasteiger partial charge in [0.05, 0.1) is 10.8 Å². The molecule has 4 nitrogen and oxygen atoms in total. The zero-order valence-electron chi connectivity index (χ0n) is 9.56. The number of carbonyl (C=O) groups is 1. The molecule has 1 aromatic carbocycles. The van der Waals surface area contributed by atoms with Crippen molar-refractivity contribution < 1.29 is 22.7 Å². The lowest BCUT2D eigenvalue weighted by atomic mass is 10.2. The Morgan fingerprint density at radius 2 is 2.11 bits per heavy atom. The molecule has 0 aliphatic heterocycles. The lowest BCUT2D eigenvalue weighted by molar-refractivity contribution is -0.136. The van der Waals surface area contributed by atoms with Gasteiger partial charge in [-0.15, -0.1) is 0 Å². The molecule has 1 unspecified atom stereocenters. The van der Waals surface area contributed by atoms with Crippen molar-refractivity contribution in [2.45, 2.75) is 24.3 Å². The molecule has 1 N–H and O–H groups in total. The van der Waals surface area contributed by atoms with E-state index in [9.17, 15) is 17.6 Å². The largest absolute Gasteiger partial charge is 0.480 e. The predicted octanol–water partition coefficient (Wildman–Crippen LogP) is 2.26. The van der Waals surface area contributed by atoms with E-state index in [2.05, 4.69) is 0 Å². The highest BCUT2D eigenvalue weighted by Gasteiger charge is 2.31. The van der Waals surface area contributed by atoms with E-state index in [1.165, 1.54) is 25.1 Å². The van der Waals surface area contributed by atoms with Crippen molar-refractivity contribution in [1.82, 2.24) is 0 Å². The minimum absolute atomic E-state index is 0.0696. The van der Waals surface area contributed by atoms with E-state index in [1.54, 1.807) is 0 Å². The summed E-state index contributed by atoms with van der Waals surface area (Å²) in [5.41, 5.74) is -0.123. The lowest BCUT2D eigenvalue weighted by Gasteiger charge is -2.12. The molecular formula is C11H12ClFO4S. The van der Waals surface area contributed by atoms with Crippen LogP contribution in [0.1, 0.15) is 18.9 Å². The van der Waals surface area contributed by atoms with Gasteiger partial charge in [0.15, 0.2) is 15.1 Å². The molecule has 0 heterocycles. The van der Waals surface area contributed by atoms with E-state index >= 15 is 0 Å². The van der Waals surface area contributed by atoms with Crippen molar-refractivity contribution in [2.75, 3.05) is 0 Å². The zero-order chi connectivity index (χ0) is 13.9. The summed E-state index contributed by atoms with van der Waals surface area (Å²) in [6.45, 7) is 1.45. The second-order valence-corrected chi connectivity index (χ2v) is 6.35. The van der Waals surface area contributed by atoms with E-state index in [-0.39, 0.29) is 17.0 Å². The molecular weight excluding hydrogens is 283 g/mol. The Hall–Kier alpha value is -1.14. The maximum atomic E-state index is 13.6. The maximum absolute atomic E-state index is 13.6. The van der Waals surface area contributed by atoms with Gasteiger partial charge in [0, 0.05) is 5.56 Å². The molecule has 0 amide bonds. The van der Waals surface area contributed by atoms with Crippen LogP contribution in [0.4, 0.5) is 4.39 Å². The third-order valence-corrected chi connectivity index (χ3v) is 4.88. The standard InChI is InChI=1S/C11H12ClFO4S/c1-2-9(11(14)15)18(16,17)6-7-4-3-5-8(12)10(7)13/h3-5,9H,2,6H2,1H3,(H,14,15). The first-order chi connectivity index (χ1) is 8.29. The molecule has 0 aromatic heterocycles. The van der Waals surface area contributed by atoms with E-state index in [0.29, 0.717) is 0 Å². The SMILES string of the molecule is CCC(C(=O)O)S(=O)(=O)Cc1cccc(Cl)c1F. The second kappa shape index (κ2) is 5.67. The first-order valence-electron chi connectivity index (χ1n) is 5.17. The van der Waals surface area contributed by atoms with E-state index in [0.717, 1.165) is 0 Å². The third-order valence-electron chi connectivity index (χ3n) is 2.47. The van der Waals surface area contributed by atoms with Crippen LogP contribution in [0.3, 0.4) is 0 Å². The fourth-order valence-electron chi connectivity index (χ4n) is 1.56. The first-order valence-corrected chi connectivity index (χ1v) is 7.26. The van der Waals surface area contributed by atoms with Crippen molar-refractivity contribution in [2.24, 2.45) is 0 Å².